The van der Waals surface area contributed by atoms with Crippen molar-refractivity contribution in [2.45, 2.75) is 0 Å². The summed E-state index contributed by atoms with van der Waals surface area (Å²) in [6.07, 6.45) is 0. The fourth-order valence-electron chi connectivity index (χ4n) is 3.59. The Hall–Kier alpha value is -2.79. The maximum atomic E-state index is 7.69. The average Bonchev–Trinajstić information content (AvgIpc) is 2.87. The Kier molecular flexibility index (Phi) is 7.23. The molecule has 4 N–H and O–H groups in total. The van der Waals surface area contributed by atoms with Crippen molar-refractivity contribution < 1.29 is 0 Å². The molecule has 0 bridgehead atoms. The van der Waals surface area contributed by atoms with Gasteiger partial charge in [0.1, 0.15) is 0 Å². The van der Waals surface area contributed by atoms with E-state index < -0.39 is 5.31 Å². The van der Waals surface area contributed by atoms with Gasteiger partial charge in [0, 0.05) is 0 Å². The second-order valence-electron chi connectivity index (χ2n) is 7.56. The molecule has 0 aromatic heterocycles. The van der Waals surface area contributed by atoms with E-state index in [1.807, 2.05) is 93.0 Å². The summed E-state index contributed by atoms with van der Waals surface area (Å²) in [4.78, 5) is 11.8. The van der Waals surface area contributed by atoms with Crippen LogP contribution in [0.25, 0.3) is 0 Å². The Labute approximate surface area is 205 Å². The van der Waals surface area contributed by atoms with Crippen LogP contribution in [0.5, 0.6) is 0 Å². The van der Waals surface area contributed by atoms with Crippen molar-refractivity contribution in [1.82, 2.24) is 0 Å². The van der Waals surface area contributed by atoms with E-state index in [9.17, 15) is 0 Å². The number of rotatable bonds is 5. The van der Waals surface area contributed by atoms with Crippen LogP contribution in [0.1, 0.15) is 0 Å². The van der Waals surface area contributed by atoms with Crippen LogP contribution in [-0.2, 0) is 0 Å². The SMILES string of the molecule is CN=C(N)N(C)c1cccc(P(Cl)(Cl)(c2ccccc2)c2cccc(N(C)C(N)=NC)c2)c1. The molecule has 0 fully saturated rings. The van der Waals surface area contributed by atoms with Gasteiger partial charge in [0.2, 0.25) is 0 Å². The number of benzene rings is 3. The van der Waals surface area contributed by atoms with Gasteiger partial charge in [-0.3, -0.25) is 0 Å². The fraction of sp³-hybridized carbons (Fsp3) is 0.167. The molecule has 3 aromatic rings. The number of nitrogens with two attached hydrogens (primary N) is 2. The van der Waals surface area contributed by atoms with Crippen LogP contribution in [0, 0.1) is 0 Å². The summed E-state index contributed by atoms with van der Waals surface area (Å²) in [6, 6.07) is 25.4. The Balaban J connectivity index is 2.30. The normalized spacial score (nSPS) is 13.8. The van der Waals surface area contributed by atoms with E-state index in [0.29, 0.717) is 11.9 Å². The Morgan fingerprint density at radius 3 is 1.45 bits per heavy atom. The maximum absolute atomic E-state index is 7.69. The van der Waals surface area contributed by atoms with Gasteiger partial charge in [-0.1, -0.05) is 0 Å². The van der Waals surface area contributed by atoms with E-state index in [2.05, 4.69) is 9.98 Å². The predicted octanol–water partition coefficient (Wildman–Crippen LogP) is 3.59. The number of nitrogens with zero attached hydrogens (tertiary/aromatic N) is 4. The van der Waals surface area contributed by atoms with E-state index in [4.69, 9.17) is 33.9 Å². The molecule has 0 radical (unpaired) electrons. The second-order valence-corrected chi connectivity index (χ2v) is 15.5. The quantitative estimate of drug-likeness (QED) is 0.317. The van der Waals surface area contributed by atoms with E-state index in [0.717, 1.165) is 27.3 Å². The third-order valence-corrected chi connectivity index (χ3v) is 12.8. The summed E-state index contributed by atoms with van der Waals surface area (Å²) in [6.45, 7) is 0. The third-order valence-electron chi connectivity index (χ3n) is 5.70. The minimum absolute atomic E-state index is 0.384. The van der Waals surface area contributed by atoms with Gasteiger partial charge in [-0.15, -0.1) is 0 Å². The third kappa shape index (κ3) is 4.51. The van der Waals surface area contributed by atoms with Crippen molar-refractivity contribution in [2.75, 3.05) is 38.0 Å². The van der Waals surface area contributed by atoms with Gasteiger partial charge in [0.25, 0.3) is 0 Å². The molecule has 0 aliphatic heterocycles. The molecule has 0 aliphatic rings. The van der Waals surface area contributed by atoms with Crippen molar-refractivity contribution >= 4 is 67.0 Å². The zero-order valence-electron chi connectivity index (χ0n) is 19.2. The number of guanidine groups is 2. The number of hydrogen-bond donors (Lipinski definition) is 2. The van der Waals surface area contributed by atoms with Crippen molar-refractivity contribution in [2.24, 2.45) is 21.5 Å². The fourth-order valence-corrected chi connectivity index (χ4v) is 8.53. The Morgan fingerprint density at radius 2 is 1.06 bits per heavy atom. The zero-order chi connectivity index (χ0) is 24.2. The molecule has 33 heavy (non-hydrogen) atoms. The molecule has 9 heteroatoms. The van der Waals surface area contributed by atoms with Gasteiger partial charge in [0.05, 0.1) is 0 Å². The first-order valence-corrected chi connectivity index (χ1v) is 14.3. The molecule has 0 saturated heterocycles. The van der Waals surface area contributed by atoms with Gasteiger partial charge >= 0.3 is 205 Å². The first-order chi connectivity index (χ1) is 15.6. The standard InChI is InChI=1S/C24H29Cl2N6P/c1-29-23(27)31(3)18-10-8-14-21(16-18)33(25,26,20-12-6-5-7-13-20)22-15-9-11-19(17-22)32(4)24(28)30-2/h5-17H,1-4H3,(H2,27,29)(H2,28,30). The van der Waals surface area contributed by atoms with E-state index >= 15 is 0 Å². The van der Waals surface area contributed by atoms with Crippen molar-refractivity contribution in [1.29, 1.82) is 0 Å². The Morgan fingerprint density at radius 1 is 0.667 bits per heavy atom. The van der Waals surface area contributed by atoms with E-state index in [-0.39, 0.29) is 0 Å². The zero-order valence-corrected chi connectivity index (χ0v) is 21.6. The molecule has 174 valence electrons. The van der Waals surface area contributed by atoms with Crippen LogP contribution in [-0.4, -0.2) is 40.1 Å². The van der Waals surface area contributed by atoms with Crippen LogP contribution < -0.4 is 37.2 Å². The van der Waals surface area contributed by atoms with E-state index in [1.54, 1.807) is 23.9 Å². The predicted molar refractivity (Wildman–Crippen MR) is 149 cm³/mol. The first kappa shape index (κ1) is 24.8. The number of hydrogen-bond acceptors (Lipinski definition) is 2. The molecule has 0 unspecified atom stereocenters. The molecule has 0 saturated carbocycles. The van der Waals surface area contributed by atoms with Crippen molar-refractivity contribution in [3.63, 3.8) is 0 Å². The molecule has 0 atom stereocenters. The molecular weight excluding hydrogens is 474 g/mol. The van der Waals surface area contributed by atoms with Crippen LogP contribution in [0.2, 0.25) is 0 Å². The van der Waals surface area contributed by atoms with Crippen molar-refractivity contribution in [3.05, 3.63) is 78.9 Å². The monoisotopic (exact) mass is 502 g/mol. The molecule has 6 nitrogen and oxygen atoms in total. The van der Waals surface area contributed by atoms with Gasteiger partial charge in [-0.25, -0.2) is 0 Å². The van der Waals surface area contributed by atoms with Gasteiger partial charge in [-0.05, 0) is 0 Å². The number of anilines is 2. The van der Waals surface area contributed by atoms with Gasteiger partial charge in [-0.2, -0.15) is 0 Å². The molecule has 0 aliphatic carbocycles. The summed E-state index contributed by atoms with van der Waals surface area (Å²) >= 11 is 15.4. The minimum atomic E-state index is -3.90. The summed E-state index contributed by atoms with van der Waals surface area (Å²) in [5.41, 5.74) is 13.8. The van der Waals surface area contributed by atoms with Crippen LogP contribution in [0.4, 0.5) is 11.4 Å². The summed E-state index contributed by atoms with van der Waals surface area (Å²) in [7, 11) is 7.00. The van der Waals surface area contributed by atoms with Crippen LogP contribution in [0.3, 0.4) is 0 Å². The molecule has 0 amide bonds. The average molecular weight is 503 g/mol. The molecule has 0 heterocycles. The summed E-state index contributed by atoms with van der Waals surface area (Å²) in [5, 5.41) is -1.49. The second kappa shape index (κ2) is 9.60. The molecule has 3 aromatic carbocycles. The van der Waals surface area contributed by atoms with Gasteiger partial charge in [0.15, 0.2) is 0 Å². The van der Waals surface area contributed by atoms with Gasteiger partial charge < -0.3 is 0 Å². The number of aliphatic imine (C=N–C) groups is 2. The van der Waals surface area contributed by atoms with Crippen LogP contribution >= 0.6 is 27.8 Å². The summed E-state index contributed by atoms with van der Waals surface area (Å²) < 4.78 is 0. The topological polar surface area (TPSA) is 83.2 Å². The molecular formula is C24H29Cl2N6P. The number of halogens is 2. The Bertz CT molecular complexity index is 1120. The molecule has 3 rings (SSSR count). The molecule has 0 spiro atoms. The van der Waals surface area contributed by atoms with Crippen LogP contribution in [0.15, 0.2) is 88.8 Å². The summed E-state index contributed by atoms with van der Waals surface area (Å²) in [5.74, 6) is 0.767. The van der Waals surface area contributed by atoms with E-state index in [1.165, 1.54) is 0 Å². The van der Waals surface area contributed by atoms with Crippen molar-refractivity contribution in [3.8, 4) is 0 Å². The first-order valence-electron chi connectivity index (χ1n) is 10.3.